The fourth-order valence-corrected chi connectivity index (χ4v) is 2.87. The Labute approximate surface area is 131 Å². The molecule has 1 aromatic carbocycles. The van der Waals surface area contributed by atoms with Crippen LogP contribution in [0.4, 0.5) is 0 Å². The number of nitrogens with one attached hydrogen (secondary N) is 1. The van der Waals surface area contributed by atoms with Gasteiger partial charge in [0.25, 0.3) is 5.91 Å². The van der Waals surface area contributed by atoms with Crippen LogP contribution in [-0.2, 0) is 6.54 Å². The van der Waals surface area contributed by atoms with Crippen LogP contribution in [0.25, 0.3) is 0 Å². The standard InChI is InChI=1S/C15H15N5OS/c1-11-14(22-10-16-11)15(21)19-13(9-20-17-7-8-18-20)12-5-3-2-4-6-12/h2-8,10,13H,9H2,1H3,(H,19,21)/t13-/m0/s1. The number of hydrogen-bond acceptors (Lipinski definition) is 5. The third kappa shape index (κ3) is 3.20. The third-order valence-electron chi connectivity index (χ3n) is 3.27. The summed E-state index contributed by atoms with van der Waals surface area (Å²) >= 11 is 1.34. The Hall–Kier alpha value is -2.54. The number of nitrogens with zero attached hydrogens (tertiary/aromatic N) is 4. The number of aromatic nitrogens is 4. The number of carbonyl (C=O) groups is 1. The van der Waals surface area contributed by atoms with E-state index in [4.69, 9.17) is 0 Å². The van der Waals surface area contributed by atoms with Crippen LogP contribution in [0, 0.1) is 6.92 Å². The molecule has 22 heavy (non-hydrogen) atoms. The van der Waals surface area contributed by atoms with Gasteiger partial charge in [-0.1, -0.05) is 30.3 Å². The SMILES string of the molecule is Cc1ncsc1C(=O)N[C@@H](Cn1nccn1)c1ccccc1. The summed E-state index contributed by atoms with van der Waals surface area (Å²) in [6.45, 7) is 2.30. The molecule has 1 N–H and O–H groups in total. The molecule has 2 heterocycles. The Morgan fingerprint density at radius 2 is 2.00 bits per heavy atom. The molecule has 112 valence electrons. The number of amides is 1. The summed E-state index contributed by atoms with van der Waals surface area (Å²) in [5, 5.41) is 11.3. The molecule has 0 bridgehead atoms. The largest absolute Gasteiger partial charge is 0.343 e. The molecule has 3 rings (SSSR count). The zero-order chi connectivity index (χ0) is 15.4. The fraction of sp³-hybridized carbons (Fsp3) is 0.200. The summed E-state index contributed by atoms with van der Waals surface area (Å²) in [6.07, 6.45) is 3.24. The van der Waals surface area contributed by atoms with Gasteiger partial charge in [0.1, 0.15) is 4.88 Å². The minimum Gasteiger partial charge on any atom is -0.343 e. The Morgan fingerprint density at radius 3 is 2.64 bits per heavy atom. The van der Waals surface area contributed by atoms with Gasteiger partial charge in [-0.15, -0.1) is 11.3 Å². The third-order valence-corrected chi connectivity index (χ3v) is 4.20. The van der Waals surface area contributed by atoms with Crippen LogP contribution in [0.2, 0.25) is 0 Å². The lowest BCUT2D eigenvalue weighted by atomic mass is 10.1. The van der Waals surface area contributed by atoms with Crippen LogP contribution in [0.15, 0.2) is 48.2 Å². The van der Waals surface area contributed by atoms with Crippen LogP contribution in [-0.4, -0.2) is 25.9 Å². The van der Waals surface area contributed by atoms with E-state index in [0.717, 1.165) is 11.3 Å². The van der Waals surface area contributed by atoms with Gasteiger partial charge in [0.15, 0.2) is 0 Å². The molecule has 1 amide bonds. The molecule has 0 fully saturated rings. The van der Waals surface area contributed by atoms with Crippen molar-refractivity contribution in [2.45, 2.75) is 19.5 Å². The Bertz CT molecular complexity index is 738. The normalized spacial score (nSPS) is 12.0. The summed E-state index contributed by atoms with van der Waals surface area (Å²) in [6, 6.07) is 9.60. The van der Waals surface area contributed by atoms with Gasteiger partial charge in [0.05, 0.1) is 36.2 Å². The molecule has 6 nitrogen and oxygen atoms in total. The number of thiazole rings is 1. The lowest BCUT2D eigenvalue weighted by Crippen LogP contribution is -2.32. The zero-order valence-corrected chi connectivity index (χ0v) is 12.8. The van der Waals surface area contributed by atoms with Crippen LogP contribution in [0.1, 0.15) is 27.0 Å². The van der Waals surface area contributed by atoms with Gasteiger partial charge in [-0.2, -0.15) is 15.0 Å². The predicted octanol–water partition coefficient (Wildman–Crippen LogP) is 2.21. The Morgan fingerprint density at radius 1 is 1.27 bits per heavy atom. The maximum absolute atomic E-state index is 12.4. The van der Waals surface area contributed by atoms with Gasteiger partial charge in [-0.05, 0) is 12.5 Å². The fourth-order valence-electron chi connectivity index (χ4n) is 2.16. The van der Waals surface area contributed by atoms with E-state index in [1.165, 1.54) is 11.3 Å². The van der Waals surface area contributed by atoms with E-state index < -0.39 is 0 Å². The maximum Gasteiger partial charge on any atom is 0.263 e. The van der Waals surface area contributed by atoms with Gasteiger partial charge in [-0.3, -0.25) is 4.79 Å². The topological polar surface area (TPSA) is 72.7 Å². The zero-order valence-electron chi connectivity index (χ0n) is 12.0. The van der Waals surface area contributed by atoms with Crippen molar-refractivity contribution >= 4 is 17.2 Å². The number of aryl methyl sites for hydroxylation is 1. The highest BCUT2D eigenvalue weighted by Gasteiger charge is 2.19. The first kappa shape index (κ1) is 14.4. The molecule has 0 aliphatic heterocycles. The molecule has 1 atom stereocenters. The summed E-state index contributed by atoms with van der Waals surface area (Å²) < 4.78 is 0. The molecule has 2 aromatic heterocycles. The predicted molar refractivity (Wildman–Crippen MR) is 83.5 cm³/mol. The van der Waals surface area contributed by atoms with E-state index in [1.807, 2.05) is 37.3 Å². The van der Waals surface area contributed by atoms with Crippen molar-refractivity contribution in [1.29, 1.82) is 0 Å². The smallest absolute Gasteiger partial charge is 0.263 e. The average Bonchev–Trinajstić information content (AvgIpc) is 3.19. The van der Waals surface area contributed by atoms with E-state index in [0.29, 0.717) is 11.4 Å². The summed E-state index contributed by atoms with van der Waals surface area (Å²) in [4.78, 5) is 18.8. The van der Waals surface area contributed by atoms with Crippen LogP contribution < -0.4 is 5.32 Å². The number of hydrogen-bond donors (Lipinski definition) is 1. The molecular formula is C15H15N5OS. The second kappa shape index (κ2) is 6.48. The number of rotatable bonds is 5. The monoisotopic (exact) mass is 313 g/mol. The van der Waals surface area contributed by atoms with E-state index in [9.17, 15) is 4.79 Å². The van der Waals surface area contributed by atoms with Crippen molar-refractivity contribution in [3.63, 3.8) is 0 Å². The van der Waals surface area contributed by atoms with E-state index in [1.54, 1.807) is 22.7 Å². The summed E-state index contributed by atoms with van der Waals surface area (Å²) in [5.74, 6) is -0.124. The van der Waals surface area contributed by atoms with Gasteiger partial charge in [-0.25, -0.2) is 4.98 Å². The molecule has 0 saturated heterocycles. The van der Waals surface area contributed by atoms with E-state index in [-0.39, 0.29) is 11.9 Å². The Balaban J connectivity index is 1.82. The molecule has 3 aromatic rings. The highest BCUT2D eigenvalue weighted by atomic mass is 32.1. The second-order valence-electron chi connectivity index (χ2n) is 4.79. The first-order chi connectivity index (χ1) is 10.7. The number of benzene rings is 1. The lowest BCUT2D eigenvalue weighted by molar-refractivity contribution is 0.0934. The van der Waals surface area contributed by atoms with Gasteiger partial charge >= 0.3 is 0 Å². The van der Waals surface area contributed by atoms with E-state index in [2.05, 4.69) is 20.5 Å². The van der Waals surface area contributed by atoms with Crippen LogP contribution in [0.3, 0.4) is 0 Å². The molecule has 0 unspecified atom stereocenters. The van der Waals surface area contributed by atoms with Crippen molar-refractivity contribution in [3.05, 3.63) is 64.4 Å². The maximum atomic E-state index is 12.4. The van der Waals surface area contributed by atoms with Crippen molar-refractivity contribution in [2.75, 3.05) is 0 Å². The molecule has 0 radical (unpaired) electrons. The average molecular weight is 313 g/mol. The van der Waals surface area contributed by atoms with Crippen molar-refractivity contribution < 1.29 is 4.79 Å². The first-order valence-electron chi connectivity index (χ1n) is 6.84. The summed E-state index contributed by atoms with van der Waals surface area (Å²) in [7, 11) is 0. The number of carbonyl (C=O) groups excluding carboxylic acids is 1. The molecule has 0 spiro atoms. The second-order valence-corrected chi connectivity index (χ2v) is 5.64. The molecular weight excluding hydrogens is 298 g/mol. The molecule has 0 aliphatic rings. The minimum atomic E-state index is -0.206. The highest BCUT2D eigenvalue weighted by molar-refractivity contribution is 7.11. The van der Waals surface area contributed by atoms with Gasteiger partial charge in [0, 0.05) is 0 Å². The highest BCUT2D eigenvalue weighted by Crippen LogP contribution is 2.18. The van der Waals surface area contributed by atoms with Crippen LogP contribution in [0.5, 0.6) is 0 Å². The Kier molecular flexibility index (Phi) is 4.24. The van der Waals surface area contributed by atoms with Gasteiger partial charge < -0.3 is 5.32 Å². The van der Waals surface area contributed by atoms with E-state index >= 15 is 0 Å². The molecule has 0 aliphatic carbocycles. The first-order valence-corrected chi connectivity index (χ1v) is 7.72. The summed E-state index contributed by atoms with van der Waals surface area (Å²) in [5.41, 5.74) is 3.43. The van der Waals surface area contributed by atoms with Crippen molar-refractivity contribution in [1.82, 2.24) is 25.3 Å². The van der Waals surface area contributed by atoms with Gasteiger partial charge in [0.2, 0.25) is 0 Å². The molecule has 0 saturated carbocycles. The quantitative estimate of drug-likeness (QED) is 0.784. The molecule has 7 heteroatoms. The van der Waals surface area contributed by atoms with Crippen molar-refractivity contribution in [2.24, 2.45) is 0 Å². The van der Waals surface area contributed by atoms with Crippen LogP contribution >= 0.6 is 11.3 Å². The minimum absolute atomic E-state index is 0.124. The lowest BCUT2D eigenvalue weighted by Gasteiger charge is -2.18. The van der Waals surface area contributed by atoms with Crippen molar-refractivity contribution in [3.8, 4) is 0 Å².